The Morgan fingerprint density at radius 1 is 1.10 bits per heavy atom. The lowest BCUT2D eigenvalue weighted by atomic mass is 10.2. The summed E-state index contributed by atoms with van der Waals surface area (Å²) in [6.07, 6.45) is 0. The monoisotopic (exact) mass is 484 g/mol. The molecule has 0 radical (unpaired) electrons. The molecule has 1 N–H and O–H groups in total. The number of carbonyl (C=O) groups is 2. The highest BCUT2D eigenvalue weighted by Gasteiger charge is 2.23. The molecule has 3 rings (SSSR count). The normalized spacial score (nSPS) is 13.8. The first-order valence-corrected chi connectivity index (χ1v) is 12.3. The summed E-state index contributed by atoms with van der Waals surface area (Å²) in [7, 11) is 0. The van der Waals surface area contributed by atoms with Crippen molar-refractivity contribution in [3.05, 3.63) is 58.1 Å². The Hall–Kier alpha value is -1.54. The van der Waals surface area contributed by atoms with Crippen LogP contribution in [0, 0.1) is 0 Å². The van der Waals surface area contributed by atoms with Crippen molar-refractivity contribution in [2.75, 3.05) is 36.5 Å². The minimum Gasteiger partial charge on any atom is -0.483 e. The maximum absolute atomic E-state index is 12.7. The highest BCUT2D eigenvalue weighted by Crippen LogP contribution is 2.48. The van der Waals surface area contributed by atoms with Gasteiger partial charge >= 0.3 is 0 Å². The van der Waals surface area contributed by atoms with Gasteiger partial charge in [0.2, 0.25) is 5.91 Å². The lowest BCUT2D eigenvalue weighted by Gasteiger charge is -2.22. The Labute approximate surface area is 194 Å². The van der Waals surface area contributed by atoms with E-state index in [-0.39, 0.29) is 25.0 Å². The van der Waals surface area contributed by atoms with E-state index in [0.717, 1.165) is 17.1 Å². The molecule has 2 aromatic carbocycles. The predicted octanol–water partition coefficient (Wildman–Crippen LogP) is 5.34. The SMILES string of the molecule is CCN(CC(=O)Nc1c(Cl)cccc1Cl)C(=O)COc1ccccc1C1SCCS1. The van der Waals surface area contributed by atoms with E-state index >= 15 is 0 Å². The molecule has 5 nitrogen and oxygen atoms in total. The third-order valence-electron chi connectivity index (χ3n) is 4.44. The van der Waals surface area contributed by atoms with Crippen molar-refractivity contribution in [2.45, 2.75) is 11.5 Å². The van der Waals surface area contributed by atoms with Gasteiger partial charge in [-0.3, -0.25) is 9.59 Å². The van der Waals surface area contributed by atoms with Crippen LogP contribution >= 0.6 is 46.7 Å². The van der Waals surface area contributed by atoms with Crippen molar-refractivity contribution < 1.29 is 14.3 Å². The van der Waals surface area contributed by atoms with E-state index in [9.17, 15) is 9.59 Å². The van der Waals surface area contributed by atoms with E-state index in [2.05, 4.69) is 5.32 Å². The number of likely N-dealkylation sites (N-methyl/N-ethyl adjacent to an activating group) is 1. The summed E-state index contributed by atoms with van der Waals surface area (Å²) in [5.74, 6) is 2.29. The van der Waals surface area contributed by atoms with E-state index in [1.165, 1.54) is 4.90 Å². The second-order valence-electron chi connectivity index (χ2n) is 6.45. The molecule has 1 aliphatic heterocycles. The van der Waals surface area contributed by atoms with Gasteiger partial charge in [0.05, 0.1) is 26.9 Å². The van der Waals surface area contributed by atoms with Gasteiger partial charge in [-0.15, -0.1) is 23.5 Å². The molecule has 160 valence electrons. The number of thioether (sulfide) groups is 2. The Kier molecular flexibility index (Phi) is 8.62. The van der Waals surface area contributed by atoms with E-state index in [1.54, 1.807) is 18.2 Å². The zero-order chi connectivity index (χ0) is 21.5. The molecule has 0 atom stereocenters. The Balaban J connectivity index is 1.58. The van der Waals surface area contributed by atoms with Crippen molar-refractivity contribution in [1.29, 1.82) is 0 Å². The van der Waals surface area contributed by atoms with E-state index in [1.807, 2.05) is 54.7 Å². The summed E-state index contributed by atoms with van der Waals surface area (Å²) >= 11 is 15.9. The summed E-state index contributed by atoms with van der Waals surface area (Å²) in [5.41, 5.74) is 1.43. The number of nitrogens with one attached hydrogen (secondary N) is 1. The van der Waals surface area contributed by atoms with E-state index < -0.39 is 0 Å². The summed E-state index contributed by atoms with van der Waals surface area (Å²) < 4.78 is 6.16. The van der Waals surface area contributed by atoms with Crippen LogP contribution < -0.4 is 10.1 Å². The Bertz CT molecular complexity index is 887. The van der Waals surface area contributed by atoms with Crippen molar-refractivity contribution >= 4 is 64.2 Å². The highest BCUT2D eigenvalue weighted by atomic mass is 35.5. The fourth-order valence-electron chi connectivity index (χ4n) is 2.92. The zero-order valence-electron chi connectivity index (χ0n) is 16.4. The van der Waals surface area contributed by atoms with Gasteiger partial charge in [0, 0.05) is 23.6 Å². The maximum atomic E-state index is 12.7. The number of amides is 2. The van der Waals surface area contributed by atoms with Gasteiger partial charge in [-0.2, -0.15) is 0 Å². The molecule has 1 fully saturated rings. The zero-order valence-corrected chi connectivity index (χ0v) is 19.5. The van der Waals surface area contributed by atoms with Crippen LogP contribution in [0.4, 0.5) is 5.69 Å². The van der Waals surface area contributed by atoms with Gasteiger partial charge in [-0.25, -0.2) is 0 Å². The van der Waals surface area contributed by atoms with Gasteiger partial charge in [-0.05, 0) is 25.1 Å². The number of para-hydroxylation sites is 2. The second kappa shape index (κ2) is 11.2. The first kappa shape index (κ1) is 23.1. The number of carbonyl (C=O) groups excluding carboxylic acids is 2. The number of hydrogen-bond acceptors (Lipinski definition) is 5. The third-order valence-corrected chi connectivity index (χ3v) is 8.14. The van der Waals surface area contributed by atoms with Crippen LogP contribution in [0.5, 0.6) is 5.75 Å². The molecule has 0 saturated carbocycles. The number of rotatable bonds is 8. The minimum atomic E-state index is -0.376. The van der Waals surface area contributed by atoms with Crippen LogP contribution in [0.25, 0.3) is 0 Å². The third kappa shape index (κ3) is 6.00. The van der Waals surface area contributed by atoms with Gasteiger partial charge in [0.25, 0.3) is 5.91 Å². The van der Waals surface area contributed by atoms with Gasteiger partial charge < -0.3 is 15.0 Å². The number of nitrogens with zero attached hydrogens (tertiary/aromatic N) is 1. The molecule has 9 heteroatoms. The van der Waals surface area contributed by atoms with Crippen molar-refractivity contribution in [3.63, 3.8) is 0 Å². The molecule has 0 spiro atoms. The van der Waals surface area contributed by atoms with Crippen LogP contribution in [0.2, 0.25) is 10.0 Å². The minimum absolute atomic E-state index is 0.115. The molecule has 1 saturated heterocycles. The van der Waals surface area contributed by atoms with E-state index in [4.69, 9.17) is 27.9 Å². The van der Waals surface area contributed by atoms with Gasteiger partial charge in [0.1, 0.15) is 5.75 Å². The molecular formula is C21H22Cl2N2O3S2. The smallest absolute Gasteiger partial charge is 0.260 e. The molecule has 0 aliphatic carbocycles. The molecule has 0 aromatic heterocycles. The number of anilines is 1. The van der Waals surface area contributed by atoms with Crippen LogP contribution in [0.1, 0.15) is 17.1 Å². The number of ether oxygens (including phenoxy) is 1. The first-order valence-electron chi connectivity index (χ1n) is 9.46. The quantitative estimate of drug-likeness (QED) is 0.547. The van der Waals surface area contributed by atoms with Crippen LogP contribution in [-0.2, 0) is 9.59 Å². The Morgan fingerprint density at radius 3 is 2.43 bits per heavy atom. The molecule has 2 amide bonds. The molecular weight excluding hydrogens is 463 g/mol. The number of hydrogen-bond donors (Lipinski definition) is 1. The number of benzene rings is 2. The summed E-state index contributed by atoms with van der Waals surface area (Å²) in [4.78, 5) is 26.5. The largest absolute Gasteiger partial charge is 0.483 e. The fraction of sp³-hybridized carbons (Fsp3) is 0.333. The maximum Gasteiger partial charge on any atom is 0.260 e. The lowest BCUT2D eigenvalue weighted by molar-refractivity contribution is -0.136. The molecule has 2 aromatic rings. The summed E-state index contributed by atoms with van der Waals surface area (Å²) in [6.45, 7) is 1.94. The van der Waals surface area contributed by atoms with Gasteiger partial charge in [0.15, 0.2) is 6.61 Å². The topological polar surface area (TPSA) is 58.6 Å². The average molecular weight is 485 g/mol. The molecule has 1 heterocycles. The van der Waals surface area contributed by atoms with Crippen LogP contribution in [-0.4, -0.2) is 47.9 Å². The number of halogens is 2. The fourth-order valence-corrected chi connectivity index (χ4v) is 6.32. The molecule has 1 aliphatic rings. The summed E-state index contributed by atoms with van der Waals surface area (Å²) in [6, 6.07) is 12.8. The molecule has 30 heavy (non-hydrogen) atoms. The van der Waals surface area contributed by atoms with Crippen molar-refractivity contribution in [1.82, 2.24) is 4.90 Å². The van der Waals surface area contributed by atoms with Crippen molar-refractivity contribution in [3.8, 4) is 5.75 Å². The second-order valence-corrected chi connectivity index (χ2v) is 9.99. The van der Waals surface area contributed by atoms with Gasteiger partial charge in [-0.1, -0.05) is 47.5 Å². The first-order chi connectivity index (χ1) is 14.5. The summed E-state index contributed by atoms with van der Waals surface area (Å²) in [5, 5.41) is 3.36. The standard InChI is InChI=1S/C21H22Cl2N2O3S2/c1-2-25(12-18(26)24-20-15(22)7-5-8-16(20)23)19(27)13-28-17-9-4-3-6-14(17)21-29-10-11-30-21/h3-9,21H,2,10-13H2,1H3,(H,24,26). The highest BCUT2D eigenvalue weighted by molar-refractivity contribution is 8.19. The van der Waals surface area contributed by atoms with Crippen molar-refractivity contribution in [2.24, 2.45) is 0 Å². The lowest BCUT2D eigenvalue weighted by Crippen LogP contribution is -2.40. The predicted molar refractivity (Wildman–Crippen MR) is 127 cm³/mol. The molecule has 0 unspecified atom stereocenters. The average Bonchev–Trinajstić information content (AvgIpc) is 3.28. The Morgan fingerprint density at radius 2 is 1.77 bits per heavy atom. The van der Waals surface area contributed by atoms with Crippen LogP contribution in [0.3, 0.4) is 0 Å². The van der Waals surface area contributed by atoms with E-state index in [0.29, 0.717) is 32.6 Å². The molecule has 0 bridgehead atoms. The van der Waals surface area contributed by atoms with Crippen LogP contribution in [0.15, 0.2) is 42.5 Å².